The molecule has 1 aliphatic rings. The van der Waals surface area contributed by atoms with E-state index in [1.807, 2.05) is 6.92 Å². The molecule has 2 heterocycles. The van der Waals surface area contributed by atoms with Gasteiger partial charge in [0.05, 0.1) is 16.3 Å². The Morgan fingerprint density at radius 3 is 2.97 bits per heavy atom. The lowest BCUT2D eigenvalue weighted by molar-refractivity contribution is -0.126. The zero-order chi connectivity index (χ0) is 20.9. The van der Waals surface area contributed by atoms with Crippen LogP contribution in [0.3, 0.4) is 0 Å². The number of nitrogens with zero attached hydrogens (tertiary/aromatic N) is 4. The molecule has 1 N–H and O–H groups in total. The number of aromatic nitrogens is 3. The van der Waals surface area contributed by atoms with Crippen molar-refractivity contribution in [2.45, 2.75) is 44.0 Å². The second-order valence-corrected chi connectivity index (χ2v) is 9.24. The highest BCUT2D eigenvalue weighted by Gasteiger charge is 2.33. The third kappa shape index (κ3) is 4.93. The summed E-state index contributed by atoms with van der Waals surface area (Å²) >= 11 is 0. The molecule has 1 amide bonds. The number of carbonyl (C=O) groups is 1. The van der Waals surface area contributed by atoms with Crippen LogP contribution in [0.2, 0.25) is 0 Å². The smallest absolute Gasteiger partial charge is 0.243 e. The molecular formula is C19H29N5O4S. The number of rotatable bonds is 9. The van der Waals surface area contributed by atoms with Crippen LogP contribution < -0.4 is 5.32 Å². The molecule has 2 aromatic rings. The van der Waals surface area contributed by atoms with Gasteiger partial charge in [-0.05, 0) is 43.9 Å². The minimum atomic E-state index is -3.70. The Bertz CT molecular complexity index is 943. The van der Waals surface area contributed by atoms with Crippen molar-refractivity contribution >= 4 is 27.0 Å². The Hall–Kier alpha value is -2.04. The molecule has 1 atom stereocenters. The van der Waals surface area contributed by atoms with Crippen LogP contribution in [-0.2, 0) is 26.1 Å². The third-order valence-electron chi connectivity index (χ3n) is 5.14. The van der Waals surface area contributed by atoms with Gasteiger partial charge >= 0.3 is 0 Å². The number of methoxy groups -OCH3 is 1. The van der Waals surface area contributed by atoms with E-state index in [4.69, 9.17) is 4.74 Å². The lowest BCUT2D eigenvalue weighted by Crippen LogP contribution is -2.45. The van der Waals surface area contributed by atoms with Crippen LogP contribution in [0.1, 0.15) is 32.6 Å². The first-order valence-corrected chi connectivity index (χ1v) is 11.5. The Balaban J connectivity index is 1.71. The van der Waals surface area contributed by atoms with Crippen molar-refractivity contribution in [2.24, 2.45) is 5.92 Å². The number of aryl methyl sites for hydroxylation is 1. The molecule has 1 aliphatic heterocycles. The van der Waals surface area contributed by atoms with Crippen molar-refractivity contribution in [1.29, 1.82) is 0 Å². The van der Waals surface area contributed by atoms with Crippen LogP contribution in [0.5, 0.6) is 0 Å². The van der Waals surface area contributed by atoms with Crippen molar-refractivity contribution in [3.8, 4) is 0 Å². The minimum absolute atomic E-state index is 0.0982. The summed E-state index contributed by atoms with van der Waals surface area (Å²) in [5.74, 6) is -0.436. The number of ether oxygens (including phenoxy) is 1. The largest absolute Gasteiger partial charge is 0.385 e. The Kier molecular flexibility index (Phi) is 7.20. The molecule has 29 heavy (non-hydrogen) atoms. The fraction of sp³-hybridized carbons (Fsp3) is 0.632. The second-order valence-electron chi connectivity index (χ2n) is 7.30. The predicted octanol–water partition coefficient (Wildman–Crippen LogP) is 1.39. The van der Waals surface area contributed by atoms with Gasteiger partial charge in [0.1, 0.15) is 5.52 Å². The first-order chi connectivity index (χ1) is 14.0. The standard InChI is InChI=1S/C19H29N5O4S/c1-3-10-24-18-8-7-16(13-17(18)21-22-24)29(26,27)23-11-4-6-15(14-23)19(25)20-9-5-12-28-2/h7-8,13,15H,3-6,9-12,14H2,1-2H3,(H,20,25). The van der Waals surface area contributed by atoms with E-state index in [0.717, 1.165) is 24.9 Å². The average molecular weight is 424 g/mol. The van der Waals surface area contributed by atoms with E-state index < -0.39 is 10.0 Å². The van der Waals surface area contributed by atoms with Crippen LogP contribution >= 0.6 is 0 Å². The highest BCUT2D eigenvalue weighted by Crippen LogP contribution is 2.26. The third-order valence-corrected chi connectivity index (χ3v) is 7.00. The molecule has 3 rings (SSSR count). The van der Waals surface area contributed by atoms with Gasteiger partial charge in [-0.2, -0.15) is 4.31 Å². The molecule has 9 nitrogen and oxygen atoms in total. The first kappa shape index (κ1) is 21.7. The molecule has 1 saturated heterocycles. The summed E-state index contributed by atoms with van der Waals surface area (Å²) in [5, 5.41) is 11.1. The topological polar surface area (TPSA) is 106 Å². The summed E-state index contributed by atoms with van der Waals surface area (Å²) in [6.07, 6.45) is 2.99. The van der Waals surface area contributed by atoms with Crippen LogP contribution in [0.15, 0.2) is 23.1 Å². The fourth-order valence-corrected chi connectivity index (χ4v) is 5.13. The average Bonchev–Trinajstić information content (AvgIpc) is 3.13. The van der Waals surface area contributed by atoms with Crippen LogP contribution in [-0.4, -0.2) is 67.0 Å². The van der Waals surface area contributed by atoms with Gasteiger partial charge in [0.2, 0.25) is 15.9 Å². The number of benzene rings is 1. The number of fused-ring (bicyclic) bond motifs is 1. The number of sulfonamides is 1. The highest BCUT2D eigenvalue weighted by atomic mass is 32.2. The molecular weight excluding hydrogens is 394 g/mol. The minimum Gasteiger partial charge on any atom is -0.385 e. The Morgan fingerprint density at radius 1 is 1.38 bits per heavy atom. The van der Waals surface area contributed by atoms with E-state index in [0.29, 0.717) is 38.1 Å². The quantitative estimate of drug-likeness (QED) is 0.611. The predicted molar refractivity (Wildman–Crippen MR) is 109 cm³/mol. The van der Waals surface area contributed by atoms with Crippen LogP contribution in [0.25, 0.3) is 11.0 Å². The van der Waals surface area contributed by atoms with Gasteiger partial charge in [-0.25, -0.2) is 13.1 Å². The maximum Gasteiger partial charge on any atom is 0.243 e. The number of hydrogen-bond donors (Lipinski definition) is 1. The zero-order valence-electron chi connectivity index (χ0n) is 17.0. The fourth-order valence-electron chi connectivity index (χ4n) is 3.59. The van der Waals surface area contributed by atoms with Crippen molar-refractivity contribution in [1.82, 2.24) is 24.6 Å². The summed E-state index contributed by atoms with van der Waals surface area (Å²) in [4.78, 5) is 12.6. The number of amides is 1. The van der Waals surface area contributed by atoms with E-state index in [1.54, 1.807) is 30.0 Å². The SMILES string of the molecule is CCCn1nnc2cc(S(=O)(=O)N3CCCC(C(=O)NCCCOC)C3)ccc21. The summed E-state index contributed by atoms with van der Waals surface area (Å²) in [6, 6.07) is 4.92. The molecule has 1 aromatic heterocycles. The highest BCUT2D eigenvalue weighted by molar-refractivity contribution is 7.89. The Labute approximate surface area is 171 Å². The normalized spacial score (nSPS) is 18.2. The number of hydrogen-bond acceptors (Lipinski definition) is 6. The van der Waals surface area contributed by atoms with Gasteiger partial charge in [-0.1, -0.05) is 12.1 Å². The van der Waals surface area contributed by atoms with Gasteiger partial charge in [-0.15, -0.1) is 5.10 Å². The lowest BCUT2D eigenvalue weighted by Gasteiger charge is -2.31. The molecule has 1 fully saturated rings. The van der Waals surface area contributed by atoms with E-state index >= 15 is 0 Å². The van der Waals surface area contributed by atoms with E-state index in [1.165, 1.54) is 4.31 Å². The summed E-state index contributed by atoms with van der Waals surface area (Å²) in [6.45, 7) is 4.49. The first-order valence-electron chi connectivity index (χ1n) is 10.1. The van der Waals surface area contributed by atoms with Crippen molar-refractivity contribution in [2.75, 3.05) is 33.4 Å². The molecule has 0 saturated carbocycles. The number of nitrogens with one attached hydrogen (secondary N) is 1. The number of carbonyl (C=O) groups excluding carboxylic acids is 1. The Morgan fingerprint density at radius 2 is 2.21 bits per heavy atom. The molecule has 0 radical (unpaired) electrons. The van der Waals surface area contributed by atoms with Gasteiger partial charge in [0.25, 0.3) is 0 Å². The van der Waals surface area contributed by atoms with Crippen molar-refractivity contribution < 1.29 is 17.9 Å². The zero-order valence-corrected chi connectivity index (χ0v) is 17.8. The number of piperidine rings is 1. The molecule has 1 unspecified atom stereocenters. The molecule has 10 heteroatoms. The van der Waals surface area contributed by atoms with Crippen molar-refractivity contribution in [3.05, 3.63) is 18.2 Å². The monoisotopic (exact) mass is 423 g/mol. The van der Waals surface area contributed by atoms with Crippen LogP contribution in [0, 0.1) is 5.92 Å². The van der Waals surface area contributed by atoms with Gasteiger partial charge < -0.3 is 10.1 Å². The van der Waals surface area contributed by atoms with Crippen molar-refractivity contribution in [3.63, 3.8) is 0 Å². The van der Waals surface area contributed by atoms with Gasteiger partial charge in [-0.3, -0.25) is 4.79 Å². The molecule has 1 aromatic carbocycles. The maximum absolute atomic E-state index is 13.2. The summed E-state index contributed by atoms with van der Waals surface area (Å²) < 4.78 is 34.5. The summed E-state index contributed by atoms with van der Waals surface area (Å²) in [5.41, 5.74) is 1.38. The second kappa shape index (κ2) is 9.64. The van der Waals surface area contributed by atoms with E-state index in [9.17, 15) is 13.2 Å². The molecule has 0 bridgehead atoms. The van der Waals surface area contributed by atoms with Crippen LogP contribution in [0.4, 0.5) is 0 Å². The lowest BCUT2D eigenvalue weighted by atomic mass is 9.99. The maximum atomic E-state index is 13.2. The summed E-state index contributed by atoms with van der Waals surface area (Å²) in [7, 11) is -2.08. The van der Waals surface area contributed by atoms with E-state index in [-0.39, 0.29) is 23.3 Å². The van der Waals surface area contributed by atoms with Gasteiger partial charge in [0, 0.05) is 39.9 Å². The van der Waals surface area contributed by atoms with Gasteiger partial charge in [0.15, 0.2) is 0 Å². The van der Waals surface area contributed by atoms with E-state index in [2.05, 4.69) is 15.6 Å². The molecule has 0 spiro atoms. The molecule has 0 aliphatic carbocycles. The molecule has 160 valence electrons.